The van der Waals surface area contributed by atoms with Crippen molar-refractivity contribution in [3.05, 3.63) is 0 Å². The molecule has 1 atom stereocenters. The predicted molar refractivity (Wildman–Crippen MR) is 37.5 cm³/mol. The van der Waals surface area contributed by atoms with Gasteiger partial charge in [-0.1, -0.05) is 0 Å². The molecule has 1 fully saturated rings. The summed E-state index contributed by atoms with van der Waals surface area (Å²) in [5.74, 6) is 0.276. The Morgan fingerprint density at radius 3 is 2.91 bits per heavy atom. The number of rotatable bonds is 3. The van der Waals surface area contributed by atoms with E-state index in [0.717, 1.165) is 25.9 Å². The molecular formula is C7H13F2NO. The second-order valence-corrected chi connectivity index (χ2v) is 2.81. The molecule has 0 amide bonds. The Hall–Kier alpha value is -0.220. The zero-order valence-corrected chi connectivity index (χ0v) is 6.35. The molecule has 11 heavy (non-hydrogen) atoms. The van der Waals surface area contributed by atoms with Crippen LogP contribution in [0.1, 0.15) is 12.8 Å². The van der Waals surface area contributed by atoms with Gasteiger partial charge in [0.15, 0.2) is 0 Å². The second-order valence-electron chi connectivity index (χ2n) is 2.81. The maximum absolute atomic E-state index is 11.5. The number of piperidine rings is 1. The highest BCUT2D eigenvalue weighted by Gasteiger charge is 2.14. The standard InChI is InChI=1S/C7H13F2NO/c8-7(9)11-5-6-2-1-3-10-4-6/h6-7,10H,1-5H2/t6-/m1/s1. The van der Waals surface area contributed by atoms with Gasteiger partial charge in [0.2, 0.25) is 0 Å². The molecule has 1 aliphatic rings. The average molecular weight is 165 g/mol. The van der Waals surface area contributed by atoms with Crippen LogP contribution >= 0.6 is 0 Å². The van der Waals surface area contributed by atoms with Crippen molar-refractivity contribution < 1.29 is 13.5 Å². The number of halogens is 2. The van der Waals surface area contributed by atoms with Gasteiger partial charge >= 0.3 is 6.61 Å². The van der Waals surface area contributed by atoms with E-state index in [9.17, 15) is 8.78 Å². The minimum atomic E-state index is -2.61. The number of hydrogen-bond acceptors (Lipinski definition) is 2. The molecule has 0 aliphatic carbocycles. The first-order chi connectivity index (χ1) is 5.29. The van der Waals surface area contributed by atoms with Gasteiger partial charge < -0.3 is 10.1 Å². The molecule has 1 heterocycles. The first-order valence-electron chi connectivity index (χ1n) is 3.89. The largest absolute Gasteiger partial charge is 0.345 e. The molecule has 0 bridgehead atoms. The van der Waals surface area contributed by atoms with E-state index in [0.29, 0.717) is 0 Å². The van der Waals surface area contributed by atoms with Crippen LogP contribution < -0.4 is 5.32 Å². The van der Waals surface area contributed by atoms with E-state index in [1.54, 1.807) is 0 Å². The smallest absolute Gasteiger partial charge is 0.323 e. The van der Waals surface area contributed by atoms with Gasteiger partial charge in [-0.3, -0.25) is 0 Å². The molecule has 0 aromatic rings. The van der Waals surface area contributed by atoms with Crippen molar-refractivity contribution in [2.45, 2.75) is 19.5 Å². The third kappa shape index (κ3) is 3.62. The van der Waals surface area contributed by atoms with Crippen molar-refractivity contribution in [3.63, 3.8) is 0 Å². The highest BCUT2D eigenvalue weighted by atomic mass is 19.3. The summed E-state index contributed by atoms with van der Waals surface area (Å²) in [5, 5.41) is 3.13. The van der Waals surface area contributed by atoms with Gasteiger partial charge in [0.05, 0.1) is 6.61 Å². The van der Waals surface area contributed by atoms with E-state index >= 15 is 0 Å². The lowest BCUT2D eigenvalue weighted by Crippen LogP contribution is -2.32. The fourth-order valence-electron chi connectivity index (χ4n) is 1.28. The number of hydrogen-bond donors (Lipinski definition) is 1. The first-order valence-corrected chi connectivity index (χ1v) is 3.89. The zero-order chi connectivity index (χ0) is 8.10. The number of nitrogens with one attached hydrogen (secondary N) is 1. The number of ether oxygens (including phenoxy) is 1. The molecular weight excluding hydrogens is 152 g/mol. The SMILES string of the molecule is FC(F)OC[C@@H]1CCCNC1. The van der Waals surface area contributed by atoms with Crippen molar-refractivity contribution in [3.8, 4) is 0 Å². The lowest BCUT2D eigenvalue weighted by molar-refractivity contribution is -0.139. The third-order valence-corrected chi connectivity index (χ3v) is 1.86. The Bertz CT molecular complexity index is 105. The van der Waals surface area contributed by atoms with Gasteiger partial charge in [-0.15, -0.1) is 0 Å². The van der Waals surface area contributed by atoms with Crippen molar-refractivity contribution >= 4 is 0 Å². The van der Waals surface area contributed by atoms with Crippen molar-refractivity contribution in [2.24, 2.45) is 5.92 Å². The van der Waals surface area contributed by atoms with Crippen molar-refractivity contribution in [2.75, 3.05) is 19.7 Å². The van der Waals surface area contributed by atoms with E-state index in [2.05, 4.69) is 10.1 Å². The molecule has 0 radical (unpaired) electrons. The second kappa shape index (κ2) is 4.62. The van der Waals surface area contributed by atoms with E-state index in [-0.39, 0.29) is 12.5 Å². The summed E-state index contributed by atoms with van der Waals surface area (Å²) in [6, 6.07) is 0. The maximum Gasteiger partial charge on any atom is 0.345 e. The summed E-state index contributed by atoms with van der Waals surface area (Å²) in [7, 11) is 0. The normalized spacial score (nSPS) is 25.9. The Morgan fingerprint density at radius 1 is 1.55 bits per heavy atom. The molecule has 0 spiro atoms. The van der Waals surface area contributed by atoms with Crippen LogP contribution in [0.15, 0.2) is 0 Å². The molecule has 1 N–H and O–H groups in total. The average Bonchev–Trinajstić information content (AvgIpc) is 2.03. The molecule has 66 valence electrons. The summed E-state index contributed by atoms with van der Waals surface area (Å²) < 4.78 is 27.3. The third-order valence-electron chi connectivity index (χ3n) is 1.86. The van der Waals surface area contributed by atoms with Gasteiger partial charge in [-0.2, -0.15) is 8.78 Å². The molecule has 0 saturated carbocycles. The molecule has 2 nitrogen and oxygen atoms in total. The Balaban J connectivity index is 2.05. The molecule has 0 aromatic carbocycles. The fraction of sp³-hybridized carbons (Fsp3) is 1.00. The highest BCUT2D eigenvalue weighted by molar-refractivity contribution is 4.67. The zero-order valence-electron chi connectivity index (χ0n) is 6.35. The predicted octanol–water partition coefficient (Wildman–Crippen LogP) is 1.23. The lowest BCUT2D eigenvalue weighted by Gasteiger charge is -2.21. The minimum Gasteiger partial charge on any atom is -0.323 e. The van der Waals surface area contributed by atoms with E-state index < -0.39 is 6.61 Å². The van der Waals surface area contributed by atoms with Crippen molar-refractivity contribution in [1.29, 1.82) is 0 Å². The summed E-state index contributed by atoms with van der Waals surface area (Å²) in [4.78, 5) is 0. The summed E-state index contributed by atoms with van der Waals surface area (Å²) in [6.45, 7) is -0.611. The molecule has 1 saturated heterocycles. The molecule has 4 heteroatoms. The molecule has 0 aromatic heterocycles. The minimum absolute atomic E-state index is 0.185. The van der Waals surface area contributed by atoms with Crippen LogP contribution in [-0.2, 0) is 4.74 Å². The summed E-state index contributed by atoms with van der Waals surface area (Å²) in [5.41, 5.74) is 0. The molecule has 1 aliphatic heterocycles. The van der Waals surface area contributed by atoms with E-state index in [4.69, 9.17) is 0 Å². The van der Waals surface area contributed by atoms with Gasteiger partial charge in [-0.25, -0.2) is 0 Å². The van der Waals surface area contributed by atoms with E-state index in [1.165, 1.54) is 0 Å². The van der Waals surface area contributed by atoms with Gasteiger partial charge in [0.1, 0.15) is 0 Å². The Labute approximate surface area is 64.9 Å². The maximum atomic E-state index is 11.5. The fourth-order valence-corrected chi connectivity index (χ4v) is 1.28. The van der Waals surface area contributed by atoms with Crippen LogP contribution in [0, 0.1) is 5.92 Å². The molecule has 0 unspecified atom stereocenters. The van der Waals surface area contributed by atoms with Gasteiger partial charge in [0, 0.05) is 6.54 Å². The van der Waals surface area contributed by atoms with Crippen LogP contribution in [0.25, 0.3) is 0 Å². The van der Waals surface area contributed by atoms with E-state index in [1.807, 2.05) is 0 Å². The van der Waals surface area contributed by atoms with Crippen LogP contribution in [0.4, 0.5) is 8.78 Å². The lowest BCUT2D eigenvalue weighted by atomic mass is 10.0. The van der Waals surface area contributed by atoms with Crippen LogP contribution in [0.3, 0.4) is 0 Å². The summed E-state index contributed by atoms with van der Waals surface area (Å²) in [6.07, 6.45) is 2.07. The highest BCUT2D eigenvalue weighted by Crippen LogP contribution is 2.11. The van der Waals surface area contributed by atoms with Gasteiger partial charge in [-0.05, 0) is 25.3 Å². The first kappa shape index (κ1) is 8.87. The Morgan fingerprint density at radius 2 is 2.36 bits per heavy atom. The number of alkyl halides is 2. The topological polar surface area (TPSA) is 21.3 Å². The Kier molecular flexibility index (Phi) is 3.72. The van der Waals surface area contributed by atoms with Crippen LogP contribution in [-0.4, -0.2) is 26.3 Å². The quantitative estimate of drug-likeness (QED) is 0.679. The van der Waals surface area contributed by atoms with Gasteiger partial charge in [0.25, 0.3) is 0 Å². The van der Waals surface area contributed by atoms with Crippen molar-refractivity contribution in [1.82, 2.24) is 5.32 Å². The summed E-state index contributed by atoms with van der Waals surface area (Å²) >= 11 is 0. The monoisotopic (exact) mass is 165 g/mol. The van der Waals surface area contributed by atoms with Crippen LogP contribution in [0.2, 0.25) is 0 Å². The van der Waals surface area contributed by atoms with Crippen LogP contribution in [0.5, 0.6) is 0 Å². The molecule has 1 rings (SSSR count).